The molecule has 0 saturated heterocycles. The maximum absolute atomic E-state index is 5.78. The highest BCUT2D eigenvalue weighted by molar-refractivity contribution is 7.10. The first kappa shape index (κ1) is 12.2. The molecule has 0 bridgehead atoms. The Labute approximate surface area is 116 Å². The SMILES string of the molecule is COc1ccc2cc(-c3ccsc3CN)ccc2c1. The molecule has 2 aromatic carbocycles. The molecule has 0 atom stereocenters. The van der Waals surface area contributed by atoms with Gasteiger partial charge in [0.25, 0.3) is 0 Å². The number of benzene rings is 2. The topological polar surface area (TPSA) is 35.2 Å². The average molecular weight is 269 g/mol. The van der Waals surface area contributed by atoms with Gasteiger partial charge in [-0.25, -0.2) is 0 Å². The number of fused-ring (bicyclic) bond motifs is 1. The van der Waals surface area contributed by atoms with Gasteiger partial charge < -0.3 is 10.5 Å². The zero-order chi connectivity index (χ0) is 13.2. The number of rotatable bonds is 3. The molecule has 0 aliphatic carbocycles. The largest absolute Gasteiger partial charge is 0.497 e. The molecule has 19 heavy (non-hydrogen) atoms. The normalized spacial score (nSPS) is 10.8. The molecule has 0 aliphatic rings. The van der Waals surface area contributed by atoms with Crippen LogP contribution in [0.3, 0.4) is 0 Å². The summed E-state index contributed by atoms with van der Waals surface area (Å²) in [6, 6.07) is 14.7. The van der Waals surface area contributed by atoms with Crippen LogP contribution in [0.5, 0.6) is 5.75 Å². The lowest BCUT2D eigenvalue weighted by Crippen LogP contribution is -1.94. The fourth-order valence-corrected chi connectivity index (χ4v) is 3.05. The van der Waals surface area contributed by atoms with Gasteiger partial charge in [0.2, 0.25) is 0 Å². The van der Waals surface area contributed by atoms with Gasteiger partial charge in [0, 0.05) is 11.4 Å². The monoisotopic (exact) mass is 269 g/mol. The summed E-state index contributed by atoms with van der Waals surface area (Å²) in [5, 5.41) is 4.50. The third kappa shape index (κ3) is 2.23. The molecule has 0 aliphatic heterocycles. The van der Waals surface area contributed by atoms with Gasteiger partial charge in [-0.15, -0.1) is 11.3 Å². The summed E-state index contributed by atoms with van der Waals surface area (Å²) in [6.07, 6.45) is 0. The molecule has 0 spiro atoms. The summed E-state index contributed by atoms with van der Waals surface area (Å²) in [7, 11) is 1.69. The van der Waals surface area contributed by atoms with E-state index in [4.69, 9.17) is 10.5 Å². The molecular formula is C16H15NOS. The van der Waals surface area contributed by atoms with Crippen LogP contribution in [0.2, 0.25) is 0 Å². The molecule has 3 heteroatoms. The minimum absolute atomic E-state index is 0.591. The maximum Gasteiger partial charge on any atom is 0.119 e. The lowest BCUT2D eigenvalue weighted by molar-refractivity contribution is 0.415. The van der Waals surface area contributed by atoms with E-state index < -0.39 is 0 Å². The highest BCUT2D eigenvalue weighted by Gasteiger charge is 2.06. The number of ether oxygens (including phenoxy) is 1. The zero-order valence-electron chi connectivity index (χ0n) is 10.7. The van der Waals surface area contributed by atoms with E-state index in [9.17, 15) is 0 Å². The van der Waals surface area contributed by atoms with Crippen LogP contribution in [0.25, 0.3) is 21.9 Å². The third-order valence-corrected chi connectivity index (χ3v) is 4.23. The summed E-state index contributed by atoms with van der Waals surface area (Å²) >= 11 is 1.71. The summed E-state index contributed by atoms with van der Waals surface area (Å²) < 4.78 is 5.25. The van der Waals surface area contributed by atoms with Crippen LogP contribution >= 0.6 is 11.3 Å². The Balaban J connectivity index is 2.12. The van der Waals surface area contributed by atoms with Crippen LogP contribution in [0.1, 0.15) is 4.88 Å². The number of hydrogen-bond acceptors (Lipinski definition) is 3. The standard InChI is InChI=1S/C16H15NOS/c1-18-14-5-4-11-8-13(3-2-12(11)9-14)15-6-7-19-16(15)10-17/h2-9H,10,17H2,1H3. The van der Waals surface area contributed by atoms with Crippen LogP contribution in [-0.4, -0.2) is 7.11 Å². The van der Waals surface area contributed by atoms with E-state index in [2.05, 4.69) is 41.8 Å². The molecule has 96 valence electrons. The first-order valence-corrected chi connectivity index (χ1v) is 7.04. The van der Waals surface area contributed by atoms with E-state index in [1.807, 2.05) is 6.07 Å². The molecule has 0 radical (unpaired) electrons. The van der Waals surface area contributed by atoms with Crippen molar-refractivity contribution in [2.75, 3.05) is 7.11 Å². The molecule has 0 amide bonds. The quantitative estimate of drug-likeness (QED) is 0.779. The Morgan fingerprint density at radius 3 is 2.63 bits per heavy atom. The molecule has 2 N–H and O–H groups in total. The molecule has 2 nitrogen and oxygen atoms in total. The van der Waals surface area contributed by atoms with Crippen molar-refractivity contribution in [1.29, 1.82) is 0 Å². The van der Waals surface area contributed by atoms with Crippen molar-refractivity contribution in [2.45, 2.75) is 6.54 Å². The van der Waals surface area contributed by atoms with Crippen LogP contribution in [-0.2, 0) is 6.54 Å². The second-order valence-corrected chi connectivity index (χ2v) is 5.39. The Bertz CT molecular complexity index is 718. The Morgan fingerprint density at radius 1 is 1.05 bits per heavy atom. The molecular weight excluding hydrogens is 254 g/mol. The van der Waals surface area contributed by atoms with E-state index in [-0.39, 0.29) is 0 Å². The predicted molar refractivity (Wildman–Crippen MR) is 81.7 cm³/mol. The Kier molecular flexibility index (Phi) is 3.23. The van der Waals surface area contributed by atoms with E-state index >= 15 is 0 Å². The van der Waals surface area contributed by atoms with Crippen LogP contribution in [0, 0.1) is 0 Å². The Hall–Kier alpha value is -1.84. The first-order valence-electron chi connectivity index (χ1n) is 6.16. The third-order valence-electron chi connectivity index (χ3n) is 3.29. The number of methoxy groups -OCH3 is 1. The second-order valence-electron chi connectivity index (χ2n) is 4.39. The van der Waals surface area contributed by atoms with Crippen molar-refractivity contribution < 1.29 is 4.74 Å². The molecule has 3 rings (SSSR count). The van der Waals surface area contributed by atoms with Crippen molar-refractivity contribution >= 4 is 22.1 Å². The second kappa shape index (κ2) is 5.03. The number of hydrogen-bond donors (Lipinski definition) is 1. The fraction of sp³-hybridized carbons (Fsp3) is 0.125. The lowest BCUT2D eigenvalue weighted by Gasteiger charge is -2.06. The van der Waals surface area contributed by atoms with Gasteiger partial charge >= 0.3 is 0 Å². The van der Waals surface area contributed by atoms with E-state index in [0.29, 0.717) is 6.54 Å². The summed E-state index contributed by atoms with van der Waals surface area (Å²) in [5.41, 5.74) is 8.24. The van der Waals surface area contributed by atoms with Crippen LogP contribution in [0.15, 0.2) is 47.8 Å². The predicted octanol–water partition coefficient (Wildman–Crippen LogP) is 4.04. The minimum atomic E-state index is 0.591. The highest BCUT2D eigenvalue weighted by Crippen LogP contribution is 2.31. The maximum atomic E-state index is 5.78. The van der Waals surface area contributed by atoms with E-state index in [0.717, 1.165) is 5.75 Å². The van der Waals surface area contributed by atoms with Crippen molar-refractivity contribution in [2.24, 2.45) is 5.73 Å². The number of nitrogens with two attached hydrogens (primary N) is 1. The fourth-order valence-electron chi connectivity index (χ4n) is 2.27. The van der Waals surface area contributed by atoms with Crippen molar-refractivity contribution in [1.82, 2.24) is 0 Å². The average Bonchev–Trinajstić information content (AvgIpc) is 2.94. The van der Waals surface area contributed by atoms with E-state index in [1.54, 1.807) is 18.4 Å². The van der Waals surface area contributed by atoms with Gasteiger partial charge in [0.05, 0.1) is 7.11 Å². The molecule has 0 unspecified atom stereocenters. The number of thiophene rings is 1. The first-order chi connectivity index (χ1) is 9.31. The van der Waals surface area contributed by atoms with Gasteiger partial charge in [0.1, 0.15) is 5.75 Å². The van der Waals surface area contributed by atoms with Gasteiger partial charge in [-0.1, -0.05) is 18.2 Å². The van der Waals surface area contributed by atoms with E-state index in [1.165, 1.54) is 26.8 Å². The summed E-state index contributed by atoms with van der Waals surface area (Å²) in [5.74, 6) is 0.887. The Morgan fingerprint density at radius 2 is 1.84 bits per heavy atom. The van der Waals surface area contributed by atoms with Crippen LogP contribution in [0.4, 0.5) is 0 Å². The van der Waals surface area contributed by atoms with Crippen molar-refractivity contribution in [3.05, 3.63) is 52.7 Å². The summed E-state index contributed by atoms with van der Waals surface area (Å²) in [6.45, 7) is 0.591. The van der Waals surface area contributed by atoms with Crippen molar-refractivity contribution in [3.8, 4) is 16.9 Å². The molecule has 3 aromatic rings. The van der Waals surface area contributed by atoms with Gasteiger partial charge in [-0.05, 0) is 51.5 Å². The van der Waals surface area contributed by atoms with Gasteiger partial charge in [-0.2, -0.15) is 0 Å². The molecule has 0 saturated carbocycles. The lowest BCUT2D eigenvalue weighted by atomic mass is 10.0. The van der Waals surface area contributed by atoms with Gasteiger partial charge in [-0.3, -0.25) is 0 Å². The van der Waals surface area contributed by atoms with Gasteiger partial charge in [0.15, 0.2) is 0 Å². The molecule has 1 aromatic heterocycles. The highest BCUT2D eigenvalue weighted by atomic mass is 32.1. The van der Waals surface area contributed by atoms with Crippen molar-refractivity contribution in [3.63, 3.8) is 0 Å². The minimum Gasteiger partial charge on any atom is -0.497 e. The summed E-state index contributed by atoms with van der Waals surface area (Å²) in [4.78, 5) is 1.23. The van der Waals surface area contributed by atoms with Crippen LogP contribution < -0.4 is 10.5 Å². The smallest absolute Gasteiger partial charge is 0.119 e. The zero-order valence-corrected chi connectivity index (χ0v) is 11.5. The molecule has 0 fully saturated rings. The molecule has 1 heterocycles.